The Kier molecular flexibility index (Phi) is 7.88. The first-order valence-electron chi connectivity index (χ1n) is 10.8. The molecule has 6 nitrogen and oxygen atoms in total. The van der Waals surface area contributed by atoms with Crippen molar-refractivity contribution >= 4 is 29.7 Å². The summed E-state index contributed by atoms with van der Waals surface area (Å²) in [5.74, 6) is 0.0196. The molecule has 4 aromatic carbocycles. The predicted molar refractivity (Wildman–Crippen MR) is 136 cm³/mol. The summed E-state index contributed by atoms with van der Waals surface area (Å²) in [4.78, 5) is 24.2. The maximum atomic E-state index is 12.2. The van der Waals surface area contributed by atoms with Crippen molar-refractivity contribution in [3.05, 3.63) is 119 Å². The van der Waals surface area contributed by atoms with Gasteiger partial charge in [0.25, 0.3) is 5.91 Å². The van der Waals surface area contributed by atoms with Crippen molar-refractivity contribution in [2.75, 3.05) is 6.61 Å². The Morgan fingerprint density at radius 3 is 2.11 bits per heavy atom. The summed E-state index contributed by atoms with van der Waals surface area (Å²) < 4.78 is 10.8. The number of amides is 1. The van der Waals surface area contributed by atoms with Crippen LogP contribution < -0.4 is 14.9 Å². The van der Waals surface area contributed by atoms with Crippen molar-refractivity contribution in [2.45, 2.75) is 0 Å². The van der Waals surface area contributed by atoms with Gasteiger partial charge in [-0.25, -0.2) is 10.2 Å². The lowest BCUT2D eigenvalue weighted by atomic mass is 10.1. The van der Waals surface area contributed by atoms with Crippen LogP contribution in [0.4, 0.5) is 0 Å². The number of hydrogen-bond donors (Lipinski definition) is 1. The number of esters is 1. The predicted octanol–water partition coefficient (Wildman–Crippen LogP) is 5.76. The van der Waals surface area contributed by atoms with Crippen LogP contribution in [0.25, 0.3) is 11.1 Å². The van der Waals surface area contributed by atoms with E-state index in [4.69, 9.17) is 21.1 Å². The van der Waals surface area contributed by atoms with Crippen LogP contribution in [0.1, 0.15) is 15.9 Å². The number of ether oxygens (including phenoxy) is 2. The van der Waals surface area contributed by atoms with Gasteiger partial charge in [-0.1, -0.05) is 66.2 Å². The van der Waals surface area contributed by atoms with Gasteiger partial charge in [0.2, 0.25) is 0 Å². The summed E-state index contributed by atoms with van der Waals surface area (Å²) >= 11 is 6.02. The molecule has 0 unspecified atom stereocenters. The molecule has 0 aliphatic rings. The Morgan fingerprint density at radius 2 is 1.40 bits per heavy atom. The molecule has 1 N–H and O–H groups in total. The number of carbonyl (C=O) groups excluding carboxylic acids is 2. The number of carbonyl (C=O) groups is 2. The molecule has 0 aliphatic carbocycles. The van der Waals surface area contributed by atoms with Crippen LogP contribution in [-0.4, -0.2) is 24.7 Å². The van der Waals surface area contributed by atoms with Crippen molar-refractivity contribution in [3.63, 3.8) is 0 Å². The van der Waals surface area contributed by atoms with E-state index in [1.54, 1.807) is 48.5 Å². The maximum Gasteiger partial charge on any atom is 0.345 e. The number of rotatable bonds is 8. The first-order chi connectivity index (χ1) is 17.1. The summed E-state index contributed by atoms with van der Waals surface area (Å²) in [7, 11) is 0. The van der Waals surface area contributed by atoms with Crippen LogP contribution >= 0.6 is 11.6 Å². The molecule has 0 atom stereocenters. The summed E-state index contributed by atoms with van der Waals surface area (Å²) in [6, 6.07) is 30.8. The quantitative estimate of drug-likeness (QED) is 0.149. The van der Waals surface area contributed by atoms with E-state index in [-0.39, 0.29) is 12.2 Å². The van der Waals surface area contributed by atoms with E-state index >= 15 is 0 Å². The molecule has 0 aromatic heterocycles. The molecule has 1 amide bonds. The summed E-state index contributed by atoms with van der Waals surface area (Å²) in [5, 5.41) is 4.25. The fourth-order valence-electron chi connectivity index (χ4n) is 3.14. The molecule has 7 heteroatoms. The average molecular weight is 485 g/mol. The van der Waals surface area contributed by atoms with Gasteiger partial charge in [0, 0.05) is 0 Å². The van der Waals surface area contributed by atoms with E-state index in [0.29, 0.717) is 22.1 Å². The largest absolute Gasteiger partial charge is 0.484 e. The van der Waals surface area contributed by atoms with E-state index in [9.17, 15) is 9.59 Å². The van der Waals surface area contributed by atoms with Crippen molar-refractivity contribution in [3.8, 4) is 22.6 Å². The minimum absolute atomic E-state index is 0.168. The Hall–Kier alpha value is -4.42. The highest BCUT2D eigenvalue weighted by molar-refractivity contribution is 6.33. The molecule has 0 aliphatic heterocycles. The fraction of sp³-hybridized carbons (Fsp3) is 0.0357. The Labute approximate surface area is 207 Å². The molecule has 0 saturated heterocycles. The summed E-state index contributed by atoms with van der Waals surface area (Å²) in [5.41, 5.74) is 5.59. The number of nitrogens with zero attached hydrogens (tertiary/aromatic N) is 1. The Bertz CT molecular complexity index is 1320. The maximum absolute atomic E-state index is 12.2. The van der Waals surface area contributed by atoms with Gasteiger partial charge in [0.05, 0.1) is 16.8 Å². The molecular formula is C28H21ClN2O4. The number of benzene rings is 4. The number of hydrazone groups is 1. The van der Waals surface area contributed by atoms with E-state index in [0.717, 1.165) is 11.1 Å². The zero-order valence-corrected chi connectivity index (χ0v) is 19.3. The fourth-order valence-corrected chi connectivity index (χ4v) is 3.36. The lowest BCUT2D eigenvalue weighted by Gasteiger charge is -2.07. The standard InChI is InChI=1S/C28H21ClN2O4/c29-26-9-5-4-8-25(26)28(33)35-24-14-10-20(11-15-24)18-30-31-27(32)19-34-23-16-12-22(13-17-23)21-6-2-1-3-7-21/h1-18H,19H2,(H,31,32)/b30-18+. The number of nitrogens with one attached hydrogen (secondary N) is 1. The van der Waals surface area contributed by atoms with Gasteiger partial charge in [-0.15, -0.1) is 0 Å². The third-order valence-electron chi connectivity index (χ3n) is 4.92. The molecule has 0 bridgehead atoms. The second-order valence-electron chi connectivity index (χ2n) is 7.41. The van der Waals surface area contributed by atoms with E-state index in [2.05, 4.69) is 10.5 Å². The van der Waals surface area contributed by atoms with Crippen LogP contribution in [0.15, 0.2) is 108 Å². The van der Waals surface area contributed by atoms with Gasteiger partial charge in [-0.3, -0.25) is 4.79 Å². The topological polar surface area (TPSA) is 77.0 Å². The van der Waals surface area contributed by atoms with E-state index < -0.39 is 11.9 Å². The smallest absolute Gasteiger partial charge is 0.345 e. The van der Waals surface area contributed by atoms with E-state index in [1.807, 2.05) is 54.6 Å². The first-order valence-corrected chi connectivity index (χ1v) is 11.1. The van der Waals surface area contributed by atoms with Gasteiger partial charge < -0.3 is 9.47 Å². The summed E-state index contributed by atoms with van der Waals surface area (Å²) in [6.45, 7) is -0.168. The van der Waals surface area contributed by atoms with Crippen LogP contribution in [-0.2, 0) is 4.79 Å². The van der Waals surface area contributed by atoms with Crippen molar-refractivity contribution in [2.24, 2.45) is 5.10 Å². The van der Waals surface area contributed by atoms with Crippen LogP contribution in [0.2, 0.25) is 5.02 Å². The molecule has 4 rings (SSSR count). The molecule has 0 spiro atoms. The number of hydrogen-bond acceptors (Lipinski definition) is 5. The van der Waals surface area contributed by atoms with Gasteiger partial charge in [0.1, 0.15) is 11.5 Å². The Balaban J connectivity index is 1.23. The van der Waals surface area contributed by atoms with Crippen LogP contribution in [0.5, 0.6) is 11.5 Å². The lowest BCUT2D eigenvalue weighted by molar-refractivity contribution is -0.123. The minimum Gasteiger partial charge on any atom is -0.484 e. The highest BCUT2D eigenvalue weighted by Crippen LogP contribution is 2.22. The highest BCUT2D eigenvalue weighted by atomic mass is 35.5. The van der Waals surface area contributed by atoms with Crippen molar-refractivity contribution in [1.82, 2.24) is 5.43 Å². The molecule has 35 heavy (non-hydrogen) atoms. The Morgan fingerprint density at radius 1 is 0.771 bits per heavy atom. The first kappa shape index (κ1) is 23.7. The second kappa shape index (κ2) is 11.6. The van der Waals surface area contributed by atoms with Crippen molar-refractivity contribution in [1.29, 1.82) is 0 Å². The van der Waals surface area contributed by atoms with Gasteiger partial charge in [0.15, 0.2) is 6.61 Å². The van der Waals surface area contributed by atoms with Crippen LogP contribution in [0, 0.1) is 0 Å². The zero-order valence-electron chi connectivity index (χ0n) is 18.6. The highest BCUT2D eigenvalue weighted by Gasteiger charge is 2.12. The molecule has 4 aromatic rings. The SMILES string of the molecule is O=C(COc1ccc(-c2ccccc2)cc1)N/N=C/c1ccc(OC(=O)c2ccccc2Cl)cc1. The van der Waals surface area contributed by atoms with Crippen molar-refractivity contribution < 1.29 is 19.1 Å². The average Bonchev–Trinajstić information content (AvgIpc) is 2.89. The molecule has 0 fully saturated rings. The monoisotopic (exact) mass is 484 g/mol. The third kappa shape index (κ3) is 6.79. The normalized spacial score (nSPS) is 10.7. The molecular weight excluding hydrogens is 464 g/mol. The lowest BCUT2D eigenvalue weighted by Crippen LogP contribution is -2.24. The molecule has 0 saturated carbocycles. The zero-order chi connectivity index (χ0) is 24.5. The van der Waals surface area contributed by atoms with E-state index in [1.165, 1.54) is 6.21 Å². The molecule has 0 radical (unpaired) electrons. The third-order valence-corrected chi connectivity index (χ3v) is 5.25. The molecule has 0 heterocycles. The number of halogens is 1. The van der Waals surface area contributed by atoms with Gasteiger partial charge in [-0.05, 0) is 65.2 Å². The van der Waals surface area contributed by atoms with Gasteiger partial charge in [-0.2, -0.15) is 5.10 Å². The molecule has 174 valence electrons. The minimum atomic E-state index is -0.543. The second-order valence-corrected chi connectivity index (χ2v) is 7.82. The summed E-state index contributed by atoms with van der Waals surface area (Å²) in [6.07, 6.45) is 1.48. The van der Waals surface area contributed by atoms with Crippen LogP contribution in [0.3, 0.4) is 0 Å². The van der Waals surface area contributed by atoms with Gasteiger partial charge >= 0.3 is 5.97 Å².